The first-order valence-electron chi connectivity index (χ1n) is 4.90. The van der Waals surface area contributed by atoms with E-state index in [1.54, 1.807) is 0 Å². The van der Waals surface area contributed by atoms with Gasteiger partial charge in [-0.1, -0.05) is 6.92 Å². The summed E-state index contributed by atoms with van der Waals surface area (Å²) in [6.45, 7) is 3.19. The SMILES string of the molecule is CCC(=O)CN(CCC#N)C1CC1. The number of nitriles is 1. The van der Waals surface area contributed by atoms with E-state index in [9.17, 15) is 4.79 Å². The summed E-state index contributed by atoms with van der Waals surface area (Å²) in [5.74, 6) is 0.282. The minimum absolute atomic E-state index is 0.282. The van der Waals surface area contributed by atoms with Crippen LogP contribution in [0.5, 0.6) is 0 Å². The Labute approximate surface area is 79.3 Å². The topological polar surface area (TPSA) is 44.1 Å². The zero-order valence-corrected chi connectivity index (χ0v) is 8.12. The van der Waals surface area contributed by atoms with Gasteiger partial charge in [0, 0.05) is 25.4 Å². The van der Waals surface area contributed by atoms with Gasteiger partial charge in [0.1, 0.15) is 5.78 Å². The lowest BCUT2D eigenvalue weighted by Crippen LogP contribution is -2.32. The maximum atomic E-state index is 11.2. The standard InChI is InChI=1S/C10H16N2O/c1-2-10(13)8-12(7-3-6-11)9-4-5-9/h9H,2-5,7-8H2,1H3. The lowest BCUT2D eigenvalue weighted by molar-refractivity contribution is -0.120. The molecule has 13 heavy (non-hydrogen) atoms. The van der Waals surface area contributed by atoms with E-state index >= 15 is 0 Å². The molecule has 0 atom stereocenters. The van der Waals surface area contributed by atoms with Crippen LogP contribution in [0.4, 0.5) is 0 Å². The molecule has 0 amide bonds. The second kappa shape index (κ2) is 4.98. The van der Waals surface area contributed by atoms with Crippen LogP contribution >= 0.6 is 0 Å². The molecule has 0 saturated heterocycles. The van der Waals surface area contributed by atoms with E-state index < -0.39 is 0 Å². The van der Waals surface area contributed by atoms with E-state index in [1.807, 2.05) is 6.92 Å². The van der Waals surface area contributed by atoms with Crippen molar-refractivity contribution in [2.45, 2.75) is 38.6 Å². The summed E-state index contributed by atoms with van der Waals surface area (Å²) in [6.07, 6.45) is 3.54. The number of hydrogen-bond acceptors (Lipinski definition) is 3. The number of carbonyl (C=O) groups is 1. The van der Waals surface area contributed by atoms with Gasteiger partial charge < -0.3 is 0 Å². The normalized spacial score (nSPS) is 15.8. The number of nitrogens with zero attached hydrogens (tertiary/aromatic N) is 2. The second-order valence-electron chi connectivity index (χ2n) is 3.50. The Balaban J connectivity index is 2.29. The molecule has 1 aliphatic carbocycles. The van der Waals surface area contributed by atoms with E-state index in [0.717, 1.165) is 6.54 Å². The Hall–Kier alpha value is -0.880. The van der Waals surface area contributed by atoms with E-state index in [-0.39, 0.29) is 5.78 Å². The molecule has 3 nitrogen and oxygen atoms in total. The third kappa shape index (κ3) is 3.56. The van der Waals surface area contributed by atoms with Crippen LogP contribution < -0.4 is 0 Å². The Morgan fingerprint density at radius 2 is 2.31 bits per heavy atom. The summed E-state index contributed by atoms with van der Waals surface area (Å²) in [5, 5.41) is 8.45. The van der Waals surface area contributed by atoms with E-state index in [2.05, 4.69) is 11.0 Å². The highest BCUT2D eigenvalue weighted by molar-refractivity contribution is 5.80. The van der Waals surface area contributed by atoms with Crippen molar-refractivity contribution in [2.75, 3.05) is 13.1 Å². The summed E-state index contributed by atoms with van der Waals surface area (Å²) in [5.41, 5.74) is 0. The smallest absolute Gasteiger partial charge is 0.146 e. The second-order valence-corrected chi connectivity index (χ2v) is 3.50. The van der Waals surface area contributed by atoms with Gasteiger partial charge in [0.15, 0.2) is 0 Å². The maximum absolute atomic E-state index is 11.2. The Kier molecular flexibility index (Phi) is 3.91. The summed E-state index contributed by atoms with van der Waals surface area (Å²) < 4.78 is 0. The van der Waals surface area contributed by atoms with Gasteiger partial charge in [0.05, 0.1) is 12.6 Å². The Bertz CT molecular complexity index is 215. The first-order chi connectivity index (χ1) is 6.27. The molecule has 0 aromatic carbocycles. The molecule has 0 aromatic heterocycles. The van der Waals surface area contributed by atoms with Crippen molar-refractivity contribution in [1.29, 1.82) is 5.26 Å². The van der Waals surface area contributed by atoms with Crippen LogP contribution in [0.15, 0.2) is 0 Å². The molecule has 0 N–H and O–H groups in total. The molecular formula is C10H16N2O. The summed E-state index contributed by atoms with van der Waals surface area (Å²) in [6, 6.07) is 2.71. The van der Waals surface area contributed by atoms with Crippen LogP contribution in [0, 0.1) is 11.3 Å². The average molecular weight is 180 g/mol. The minimum atomic E-state index is 0.282. The summed E-state index contributed by atoms with van der Waals surface area (Å²) in [4.78, 5) is 13.3. The quantitative estimate of drug-likeness (QED) is 0.619. The third-order valence-electron chi connectivity index (χ3n) is 2.35. The third-order valence-corrected chi connectivity index (χ3v) is 2.35. The zero-order valence-electron chi connectivity index (χ0n) is 8.12. The fourth-order valence-electron chi connectivity index (χ4n) is 1.36. The molecular weight excluding hydrogens is 164 g/mol. The molecule has 0 aliphatic heterocycles. The molecule has 3 heteroatoms. The molecule has 0 radical (unpaired) electrons. The lowest BCUT2D eigenvalue weighted by Gasteiger charge is -2.18. The van der Waals surface area contributed by atoms with Crippen molar-refractivity contribution < 1.29 is 4.79 Å². The van der Waals surface area contributed by atoms with Crippen LogP contribution in [0.25, 0.3) is 0 Å². The van der Waals surface area contributed by atoms with Crippen LogP contribution in [-0.2, 0) is 4.79 Å². The molecule has 0 heterocycles. The van der Waals surface area contributed by atoms with E-state index in [1.165, 1.54) is 12.8 Å². The zero-order chi connectivity index (χ0) is 9.68. The number of ketones is 1. The highest BCUT2D eigenvalue weighted by atomic mass is 16.1. The highest BCUT2D eigenvalue weighted by Crippen LogP contribution is 2.26. The van der Waals surface area contributed by atoms with Crippen molar-refractivity contribution in [2.24, 2.45) is 0 Å². The Morgan fingerprint density at radius 1 is 1.62 bits per heavy atom. The highest BCUT2D eigenvalue weighted by Gasteiger charge is 2.29. The fourth-order valence-corrected chi connectivity index (χ4v) is 1.36. The molecule has 0 aromatic rings. The van der Waals surface area contributed by atoms with Gasteiger partial charge in [-0.2, -0.15) is 5.26 Å². The molecule has 0 spiro atoms. The molecule has 0 bridgehead atoms. The molecule has 1 rings (SSSR count). The average Bonchev–Trinajstić information content (AvgIpc) is 2.94. The van der Waals surface area contributed by atoms with Gasteiger partial charge in [-0.15, -0.1) is 0 Å². The van der Waals surface area contributed by atoms with Crippen molar-refractivity contribution >= 4 is 5.78 Å². The monoisotopic (exact) mass is 180 g/mol. The Morgan fingerprint density at radius 3 is 2.77 bits per heavy atom. The lowest BCUT2D eigenvalue weighted by atomic mass is 10.2. The van der Waals surface area contributed by atoms with Crippen molar-refractivity contribution in [3.63, 3.8) is 0 Å². The number of rotatable bonds is 6. The van der Waals surface area contributed by atoms with Crippen LogP contribution in [-0.4, -0.2) is 29.8 Å². The minimum Gasteiger partial charge on any atom is -0.298 e. The molecule has 1 aliphatic rings. The van der Waals surface area contributed by atoms with E-state index in [0.29, 0.717) is 25.4 Å². The maximum Gasteiger partial charge on any atom is 0.146 e. The summed E-state index contributed by atoms with van der Waals surface area (Å²) in [7, 11) is 0. The van der Waals surface area contributed by atoms with Gasteiger partial charge in [-0.3, -0.25) is 9.69 Å². The molecule has 72 valence electrons. The number of hydrogen-bond donors (Lipinski definition) is 0. The molecule has 1 fully saturated rings. The molecule has 0 unspecified atom stereocenters. The largest absolute Gasteiger partial charge is 0.298 e. The fraction of sp³-hybridized carbons (Fsp3) is 0.800. The van der Waals surface area contributed by atoms with Crippen molar-refractivity contribution in [3.05, 3.63) is 0 Å². The first-order valence-corrected chi connectivity index (χ1v) is 4.90. The van der Waals surface area contributed by atoms with Gasteiger partial charge in [0.25, 0.3) is 0 Å². The van der Waals surface area contributed by atoms with Crippen molar-refractivity contribution in [3.8, 4) is 6.07 Å². The van der Waals surface area contributed by atoms with E-state index in [4.69, 9.17) is 5.26 Å². The van der Waals surface area contributed by atoms with Crippen LogP contribution in [0.1, 0.15) is 32.6 Å². The molecule has 1 saturated carbocycles. The van der Waals surface area contributed by atoms with Gasteiger partial charge in [0.2, 0.25) is 0 Å². The predicted molar refractivity (Wildman–Crippen MR) is 50.1 cm³/mol. The van der Waals surface area contributed by atoms with Gasteiger partial charge in [-0.05, 0) is 12.8 Å². The number of carbonyl (C=O) groups excluding carboxylic acids is 1. The van der Waals surface area contributed by atoms with Crippen LogP contribution in [0.3, 0.4) is 0 Å². The van der Waals surface area contributed by atoms with Crippen molar-refractivity contribution in [1.82, 2.24) is 4.90 Å². The predicted octanol–water partition coefficient (Wildman–Crippen LogP) is 1.34. The first kappa shape index (κ1) is 10.2. The van der Waals surface area contributed by atoms with Crippen LogP contribution in [0.2, 0.25) is 0 Å². The summed E-state index contributed by atoms with van der Waals surface area (Å²) >= 11 is 0. The number of Topliss-reactive ketones (excluding diaryl/α,β-unsaturated/α-hetero) is 1. The van der Waals surface area contributed by atoms with Gasteiger partial charge >= 0.3 is 0 Å². The van der Waals surface area contributed by atoms with Gasteiger partial charge in [-0.25, -0.2) is 0 Å².